The van der Waals surface area contributed by atoms with E-state index in [9.17, 15) is 0 Å². The lowest BCUT2D eigenvalue weighted by Gasteiger charge is -2.05. The maximum atomic E-state index is 5.56. The standard InChI is InChI=1S/C14H24N2O/c1-3-5-6-9-17-12-14-8-7-13(11-16-14)10-15-4-2/h7-8,11,15H,3-6,9-10,12H2,1-2H3. The lowest BCUT2D eigenvalue weighted by molar-refractivity contribution is 0.114. The summed E-state index contributed by atoms with van der Waals surface area (Å²) in [6, 6.07) is 4.16. The molecule has 1 heterocycles. The average Bonchev–Trinajstić information content (AvgIpc) is 2.37. The van der Waals surface area contributed by atoms with Gasteiger partial charge in [-0.1, -0.05) is 32.8 Å². The first-order valence-corrected chi connectivity index (χ1v) is 6.59. The van der Waals surface area contributed by atoms with Crippen LogP contribution in [0, 0.1) is 0 Å². The van der Waals surface area contributed by atoms with Crippen molar-refractivity contribution in [1.82, 2.24) is 10.3 Å². The molecule has 0 saturated heterocycles. The van der Waals surface area contributed by atoms with Crippen LogP contribution in [0.25, 0.3) is 0 Å². The van der Waals surface area contributed by atoms with Gasteiger partial charge in [0.25, 0.3) is 0 Å². The lowest BCUT2D eigenvalue weighted by atomic mass is 10.2. The molecule has 17 heavy (non-hydrogen) atoms. The predicted octanol–water partition coefficient (Wildman–Crippen LogP) is 2.90. The fourth-order valence-corrected chi connectivity index (χ4v) is 1.55. The van der Waals surface area contributed by atoms with Crippen molar-refractivity contribution in [1.29, 1.82) is 0 Å². The quantitative estimate of drug-likeness (QED) is 0.669. The van der Waals surface area contributed by atoms with Crippen molar-refractivity contribution < 1.29 is 4.74 Å². The second-order valence-electron chi connectivity index (χ2n) is 4.20. The SMILES string of the molecule is CCCCCOCc1ccc(CNCC)cn1. The van der Waals surface area contributed by atoms with Gasteiger partial charge in [-0.2, -0.15) is 0 Å². The Bertz CT molecular complexity index is 285. The zero-order chi connectivity index (χ0) is 12.3. The van der Waals surface area contributed by atoms with Gasteiger partial charge in [0.1, 0.15) is 0 Å². The molecule has 0 aliphatic rings. The number of aromatic nitrogens is 1. The van der Waals surface area contributed by atoms with E-state index in [1.165, 1.54) is 18.4 Å². The van der Waals surface area contributed by atoms with Crippen LogP contribution in [0.2, 0.25) is 0 Å². The second-order valence-corrected chi connectivity index (χ2v) is 4.20. The Balaban J connectivity index is 2.20. The summed E-state index contributed by atoms with van der Waals surface area (Å²) in [6.07, 6.45) is 5.55. The molecule has 0 aliphatic carbocycles. The van der Waals surface area contributed by atoms with E-state index >= 15 is 0 Å². The zero-order valence-corrected chi connectivity index (χ0v) is 11.0. The van der Waals surface area contributed by atoms with Crippen molar-refractivity contribution in [3.8, 4) is 0 Å². The number of nitrogens with one attached hydrogen (secondary N) is 1. The maximum Gasteiger partial charge on any atom is 0.0887 e. The van der Waals surface area contributed by atoms with Gasteiger partial charge in [0.2, 0.25) is 0 Å². The Morgan fingerprint density at radius 1 is 1.24 bits per heavy atom. The highest BCUT2D eigenvalue weighted by Crippen LogP contribution is 2.03. The highest BCUT2D eigenvalue weighted by atomic mass is 16.5. The Hall–Kier alpha value is -0.930. The summed E-state index contributed by atoms with van der Waals surface area (Å²) in [6.45, 7) is 7.65. The molecule has 0 fully saturated rings. The fourth-order valence-electron chi connectivity index (χ4n) is 1.55. The molecule has 0 aliphatic heterocycles. The molecule has 1 rings (SSSR count). The molecule has 1 aromatic rings. The topological polar surface area (TPSA) is 34.1 Å². The maximum absolute atomic E-state index is 5.56. The van der Waals surface area contributed by atoms with Crippen molar-refractivity contribution in [2.24, 2.45) is 0 Å². The Labute approximate surface area is 105 Å². The van der Waals surface area contributed by atoms with E-state index in [0.717, 1.165) is 31.8 Å². The molecule has 96 valence electrons. The number of hydrogen-bond donors (Lipinski definition) is 1. The van der Waals surface area contributed by atoms with Crippen LogP contribution < -0.4 is 5.32 Å². The fraction of sp³-hybridized carbons (Fsp3) is 0.643. The summed E-state index contributed by atoms with van der Waals surface area (Å²) < 4.78 is 5.56. The van der Waals surface area contributed by atoms with Gasteiger partial charge in [-0.15, -0.1) is 0 Å². The summed E-state index contributed by atoms with van der Waals surface area (Å²) in [5.41, 5.74) is 2.24. The van der Waals surface area contributed by atoms with Gasteiger partial charge < -0.3 is 10.1 Å². The first kappa shape index (κ1) is 14.1. The van der Waals surface area contributed by atoms with Crippen LogP contribution in [0.4, 0.5) is 0 Å². The smallest absolute Gasteiger partial charge is 0.0887 e. The normalized spacial score (nSPS) is 10.7. The number of unbranched alkanes of at least 4 members (excludes halogenated alkanes) is 2. The minimum absolute atomic E-state index is 0.630. The van der Waals surface area contributed by atoms with Crippen molar-refractivity contribution in [3.05, 3.63) is 29.6 Å². The van der Waals surface area contributed by atoms with Gasteiger partial charge in [-0.25, -0.2) is 0 Å². The first-order chi connectivity index (χ1) is 8.36. The van der Waals surface area contributed by atoms with Gasteiger partial charge >= 0.3 is 0 Å². The van der Waals surface area contributed by atoms with Gasteiger partial charge in [-0.05, 0) is 24.6 Å². The second kappa shape index (κ2) is 9.14. The van der Waals surface area contributed by atoms with Crippen LogP contribution in [-0.4, -0.2) is 18.1 Å². The van der Waals surface area contributed by atoms with Gasteiger partial charge in [0.15, 0.2) is 0 Å². The zero-order valence-electron chi connectivity index (χ0n) is 11.0. The van der Waals surface area contributed by atoms with E-state index in [1.54, 1.807) is 0 Å². The van der Waals surface area contributed by atoms with Crippen LogP contribution in [0.1, 0.15) is 44.4 Å². The van der Waals surface area contributed by atoms with E-state index in [4.69, 9.17) is 4.74 Å². The van der Waals surface area contributed by atoms with Crippen LogP contribution in [-0.2, 0) is 17.9 Å². The highest BCUT2D eigenvalue weighted by Gasteiger charge is 1.96. The van der Waals surface area contributed by atoms with Crippen LogP contribution in [0.5, 0.6) is 0 Å². The third-order valence-electron chi connectivity index (χ3n) is 2.61. The first-order valence-electron chi connectivity index (χ1n) is 6.59. The molecule has 0 radical (unpaired) electrons. The van der Waals surface area contributed by atoms with E-state index < -0.39 is 0 Å². The summed E-state index contributed by atoms with van der Waals surface area (Å²) in [5, 5.41) is 3.28. The minimum atomic E-state index is 0.630. The number of hydrogen-bond acceptors (Lipinski definition) is 3. The molecule has 3 nitrogen and oxygen atoms in total. The van der Waals surface area contributed by atoms with Gasteiger partial charge in [0.05, 0.1) is 12.3 Å². The number of nitrogens with zero attached hydrogens (tertiary/aromatic N) is 1. The molecule has 0 bridgehead atoms. The molecule has 3 heteroatoms. The summed E-state index contributed by atoms with van der Waals surface area (Å²) >= 11 is 0. The molecule has 0 spiro atoms. The molecule has 0 amide bonds. The van der Waals surface area contributed by atoms with Crippen LogP contribution >= 0.6 is 0 Å². The highest BCUT2D eigenvalue weighted by molar-refractivity contribution is 5.13. The van der Waals surface area contributed by atoms with Crippen molar-refractivity contribution in [2.75, 3.05) is 13.2 Å². The van der Waals surface area contributed by atoms with Crippen LogP contribution in [0.3, 0.4) is 0 Å². The van der Waals surface area contributed by atoms with E-state index in [2.05, 4.69) is 30.2 Å². The number of pyridine rings is 1. The van der Waals surface area contributed by atoms with E-state index in [-0.39, 0.29) is 0 Å². The largest absolute Gasteiger partial charge is 0.375 e. The summed E-state index contributed by atoms with van der Waals surface area (Å²) in [4.78, 5) is 4.38. The van der Waals surface area contributed by atoms with E-state index in [1.807, 2.05) is 12.3 Å². The predicted molar refractivity (Wildman–Crippen MR) is 70.8 cm³/mol. The molecule has 1 aromatic heterocycles. The minimum Gasteiger partial charge on any atom is -0.375 e. The van der Waals surface area contributed by atoms with Gasteiger partial charge in [-0.3, -0.25) is 4.98 Å². The number of ether oxygens (including phenoxy) is 1. The monoisotopic (exact) mass is 236 g/mol. The third kappa shape index (κ3) is 6.39. The molecule has 0 unspecified atom stereocenters. The Kier molecular flexibility index (Phi) is 7.60. The lowest BCUT2D eigenvalue weighted by Crippen LogP contribution is -2.12. The van der Waals surface area contributed by atoms with Crippen molar-refractivity contribution in [2.45, 2.75) is 46.3 Å². The van der Waals surface area contributed by atoms with E-state index in [0.29, 0.717) is 6.61 Å². The molecule has 0 saturated carbocycles. The average molecular weight is 236 g/mol. The van der Waals surface area contributed by atoms with Crippen LogP contribution in [0.15, 0.2) is 18.3 Å². The molecular weight excluding hydrogens is 212 g/mol. The molecule has 1 N–H and O–H groups in total. The summed E-state index contributed by atoms with van der Waals surface area (Å²) in [5.74, 6) is 0. The van der Waals surface area contributed by atoms with Crippen molar-refractivity contribution in [3.63, 3.8) is 0 Å². The van der Waals surface area contributed by atoms with Gasteiger partial charge in [0, 0.05) is 19.3 Å². The molecular formula is C14H24N2O. The Morgan fingerprint density at radius 2 is 2.12 bits per heavy atom. The van der Waals surface area contributed by atoms with Crippen molar-refractivity contribution >= 4 is 0 Å². The summed E-state index contributed by atoms with van der Waals surface area (Å²) in [7, 11) is 0. The molecule has 0 aromatic carbocycles. The number of rotatable bonds is 9. The Morgan fingerprint density at radius 3 is 2.76 bits per heavy atom. The molecule has 0 atom stereocenters. The third-order valence-corrected chi connectivity index (χ3v) is 2.61.